The van der Waals surface area contributed by atoms with Crippen molar-refractivity contribution in [3.05, 3.63) is 30.3 Å². The van der Waals surface area contributed by atoms with Crippen molar-refractivity contribution in [2.24, 2.45) is 0 Å². The van der Waals surface area contributed by atoms with E-state index in [1.54, 1.807) is 11.2 Å². The number of hydrogen-bond donors (Lipinski definition) is 0. The minimum Gasteiger partial charge on any atom is -0.0722 e. The molecule has 0 nitrogen and oxygen atoms in total. The number of hydrogen-bond acceptors (Lipinski definition) is 0. The van der Waals surface area contributed by atoms with E-state index in [0.717, 1.165) is 5.16 Å². The molecule has 96 valence electrons. The Morgan fingerprint density at radius 1 is 1.00 bits per heavy atom. The summed E-state index contributed by atoms with van der Waals surface area (Å²) < 4.78 is 0. The largest absolute Gasteiger partial charge is 0.0722 e. The highest BCUT2D eigenvalue weighted by atomic mass is 28.3. The van der Waals surface area contributed by atoms with Gasteiger partial charge in [0.05, 0.1) is 8.80 Å². The molecule has 2 unspecified atom stereocenters. The van der Waals surface area contributed by atoms with E-state index in [1.807, 2.05) is 0 Å². The molecule has 1 aromatic rings. The molecule has 0 bridgehead atoms. The molecule has 0 N–H and O–H groups in total. The SMILES string of the molecule is CC[SiH](c1ccccc1)C(C[SiH](C)C)[SiH](C)C. The van der Waals surface area contributed by atoms with Gasteiger partial charge in [0.2, 0.25) is 0 Å². The second kappa shape index (κ2) is 7.34. The van der Waals surface area contributed by atoms with Crippen LogP contribution in [-0.2, 0) is 0 Å². The first-order chi connectivity index (χ1) is 8.06. The highest BCUT2D eigenvalue weighted by Crippen LogP contribution is 2.24. The third-order valence-electron chi connectivity index (χ3n) is 3.78. The molecule has 0 saturated carbocycles. The van der Waals surface area contributed by atoms with Crippen LogP contribution in [0.15, 0.2) is 30.3 Å². The van der Waals surface area contributed by atoms with Crippen LogP contribution in [0, 0.1) is 0 Å². The first kappa shape index (κ1) is 14.9. The van der Waals surface area contributed by atoms with Crippen molar-refractivity contribution >= 4 is 31.6 Å². The van der Waals surface area contributed by atoms with Crippen molar-refractivity contribution in [1.29, 1.82) is 0 Å². The van der Waals surface area contributed by atoms with Crippen molar-refractivity contribution in [3.8, 4) is 0 Å². The molecule has 1 aromatic carbocycles. The summed E-state index contributed by atoms with van der Waals surface area (Å²) in [5.74, 6) is 0. The normalized spacial score (nSPS) is 15.2. The predicted molar refractivity (Wildman–Crippen MR) is 90.0 cm³/mol. The molecule has 0 aliphatic heterocycles. The molecule has 0 heterocycles. The Morgan fingerprint density at radius 2 is 1.59 bits per heavy atom. The quantitative estimate of drug-likeness (QED) is 0.703. The van der Waals surface area contributed by atoms with Crippen LogP contribution in [0.2, 0.25) is 43.4 Å². The zero-order valence-corrected chi connectivity index (χ0v) is 15.6. The van der Waals surface area contributed by atoms with Gasteiger partial charge in [-0.3, -0.25) is 0 Å². The molecule has 17 heavy (non-hydrogen) atoms. The Bertz CT molecular complexity index is 309. The van der Waals surface area contributed by atoms with Gasteiger partial charge in [-0.05, 0) is 0 Å². The lowest BCUT2D eigenvalue weighted by Crippen LogP contribution is -2.40. The van der Waals surface area contributed by atoms with Crippen LogP contribution < -0.4 is 5.19 Å². The predicted octanol–water partition coefficient (Wildman–Crippen LogP) is 3.02. The standard InChI is InChI=1S/C14H28Si3/c1-6-17(13-10-8-7-9-11-13)14(16(4)5)12-15(2)3/h7-11,14-17H,6,12H2,1-5H3. The maximum absolute atomic E-state index is 2.57. The molecule has 0 spiro atoms. The Morgan fingerprint density at radius 3 is 2.00 bits per heavy atom. The summed E-state index contributed by atoms with van der Waals surface area (Å²) in [6.07, 6.45) is 0. The molecule has 0 aliphatic carbocycles. The lowest BCUT2D eigenvalue weighted by Gasteiger charge is -2.29. The zero-order chi connectivity index (χ0) is 12.8. The molecule has 0 saturated heterocycles. The van der Waals surface area contributed by atoms with Crippen molar-refractivity contribution in [2.45, 2.75) is 50.4 Å². The third-order valence-corrected chi connectivity index (χ3v) is 15.5. The van der Waals surface area contributed by atoms with Gasteiger partial charge >= 0.3 is 0 Å². The van der Waals surface area contributed by atoms with Gasteiger partial charge in [-0.2, -0.15) is 0 Å². The molecule has 0 aromatic heterocycles. The number of benzene rings is 1. The van der Waals surface area contributed by atoms with E-state index < -0.39 is 26.4 Å². The van der Waals surface area contributed by atoms with E-state index in [0.29, 0.717) is 0 Å². The van der Waals surface area contributed by atoms with Crippen LogP contribution in [0.3, 0.4) is 0 Å². The van der Waals surface area contributed by atoms with Crippen molar-refractivity contribution < 1.29 is 0 Å². The Kier molecular flexibility index (Phi) is 6.44. The average Bonchev–Trinajstić information content (AvgIpc) is 2.29. The Labute approximate surface area is 112 Å². The van der Waals surface area contributed by atoms with E-state index in [4.69, 9.17) is 0 Å². The first-order valence-corrected chi connectivity index (χ1v) is 15.3. The lowest BCUT2D eigenvalue weighted by atomic mass is 10.4. The molecule has 1 rings (SSSR count). The van der Waals surface area contributed by atoms with E-state index in [9.17, 15) is 0 Å². The second-order valence-electron chi connectivity index (χ2n) is 5.96. The molecule has 3 heteroatoms. The van der Waals surface area contributed by atoms with E-state index in [1.165, 1.54) is 6.04 Å². The molecule has 2 atom stereocenters. The third kappa shape index (κ3) is 4.56. The van der Waals surface area contributed by atoms with Crippen LogP contribution in [-0.4, -0.2) is 26.4 Å². The average molecular weight is 281 g/mol. The van der Waals surface area contributed by atoms with Gasteiger partial charge in [-0.1, -0.05) is 85.9 Å². The Hall–Kier alpha value is -0.129. The highest BCUT2D eigenvalue weighted by molar-refractivity contribution is 6.87. The summed E-state index contributed by atoms with van der Waals surface area (Å²) in [5, 5.41) is 2.87. The zero-order valence-electron chi connectivity index (χ0n) is 12.1. The minimum atomic E-state index is -0.704. The topological polar surface area (TPSA) is 0 Å². The van der Waals surface area contributed by atoms with Crippen LogP contribution in [0.1, 0.15) is 6.92 Å². The van der Waals surface area contributed by atoms with E-state index in [-0.39, 0.29) is 0 Å². The molecular weight excluding hydrogens is 252 g/mol. The van der Waals surface area contributed by atoms with Gasteiger partial charge in [0.15, 0.2) is 0 Å². The van der Waals surface area contributed by atoms with E-state index >= 15 is 0 Å². The van der Waals surface area contributed by atoms with E-state index in [2.05, 4.69) is 63.4 Å². The maximum Gasteiger partial charge on any atom is 0.0704 e. The number of rotatable bonds is 6. The molecule has 0 amide bonds. The summed E-state index contributed by atoms with van der Waals surface area (Å²) in [5.41, 5.74) is 0. The molecular formula is C14H28Si3. The summed E-state index contributed by atoms with van der Waals surface area (Å²) in [6.45, 7) is 12.6. The monoisotopic (exact) mass is 280 g/mol. The van der Waals surface area contributed by atoms with Crippen LogP contribution in [0.5, 0.6) is 0 Å². The lowest BCUT2D eigenvalue weighted by molar-refractivity contribution is 1.19. The van der Waals surface area contributed by atoms with Crippen LogP contribution in [0.4, 0.5) is 0 Å². The van der Waals surface area contributed by atoms with Crippen LogP contribution >= 0.6 is 0 Å². The summed E-state index contributed by atoms with van der Waals surface area (Å²) >= 11 is 0. The van der Waals surface area contributed by atoms with Crippen LogP contribution in [0.25, 0.3) is 0 Å². The fourth-order valence-electron chi connectivity index (χ4n) is 2.93. The Balaban J connectivity index is 2.89. The maximum atomic E-state index is 2.57. The fourth-order valence-corrected chi connectivity index (χ4v) is 18.3. The van der Waals surface area contributed by atoms with Crippen molar-refractivity contribution in [1.82, 2.24) is 0 Å². The minimum absolute atomic E-state index is 0.409. The van der Waals surface area contributed by atoms with Gasteiger partial charge in [-0.15, -0.1) is 0 Å². The van der Waals surface area contributed by atoms with Crippen molar-refractivity contribution in [2.75, 3.05) is 0 Å². The summed E-state index contributed by atoms with van der Waals surface area (Å²) in [6, 6.07) is 14.5. The van der Waals surface area contributed by atoms with Gasteiger partial charge in [0.1, 0.15) is 0 Å². The molecule has 0 aliphatic rings. The van der Waals surface area contributed by atoms with Gasteiger partial charge < -0.3 is 0 Å². The van der Waals surface area contributed by atoms with Gasteiger partial charge in [-0.25, -0.2) is 0 Å². The fraction of sp³-hybridized carbons (Fsp3) is 0.571. The first-order valence-electron chi connectivity index (χ1n) is 7.11. The summed E-state index contributed by atoms with van der Waals surface area (Å²) in [7, 11) is -1.60. The molecule has 0 fully saturated rings. The van der Waals surface area contributed by atoms with Gasteiger partial charge in [0, 0.05) is 17.6 Å². The highest BCUT2D eigenvalue weighted by Gasteiger charge is 2.27. The molecule has 0 radical (unpaired) electrons. The van der Waals surface area contributed by atoms with Crippen molar-refractivity contribution in [3.63, 3.8) is 0 Å². The summed E-state index contributed by atoms with van der Waals surface area (Å²) in [4.78, 5) is 0. The second-order valence-corrected chi connectivity index (χ2v) is 16.9. The smallest absolute Gasteiger partial charge is 0.0704 e. The van der Waals surface area contributed by atoms with Gasteiger partial charge in [0.25, 0.3) is 0 Å².